The van der Waals surface area contributed by atoms with Crippen molar-refractivity contribution in [1.82, 2.24) is 4.90 Å². The summed E-state index contributed by atoms with van der Waals surface area (Å²) in [5.41, 5.74) is 2.71. The van der Waals surface area contributed by atoms with Crippen molar-refractivity contribution in [3.63, 3.8) is 0 Å². The Morgan fingerprint density at radius 2 is 1.59 bits per heavy atom. The van der Waals surface area contributed by atoms with Crippen LogP contribution in [0.15, 0.2) is 41.3 Å². The molecule has 0 bridgehead atoms. The lowest BCUT2D eigenvalue weighted by Gasteiger charge is -2.22. The first-order valence-electron chi connectivity index (χ1n) is 9.88. The first-order chi connectivity index (χ1) is 13.8. The van der Waals surface area contributed by atoms with Crippen LogP contribution in [0.4, 0.5) is 5.69 Å². The number of rotatable bonds is 5. The van der Waals surface area contributed by atoms with E-state index in [9.17, 15) is 13.2 Å². The lowest BCUT2D eigenvalue weighted by Crippen LogP contribution is -2.32. The van der Waals surface area contributed by atoms with E-state index >= 15 is 0 Å². The second kappa shape index (κ2) is 8.86. The van der Waals surface area contributed by atoms with Crippen molar-refractivity contribution in [3.8, 4) is 5.75 Å². The molecule has 0 unspecified atom stereocenters. The molecule has 7 heteroatoms. The molecule has 0 aromatic heterocycles. The highest BCUT2D eigenvalue weighted by Gasteiger charge is 2.24. The van der Waals surface area contributed by atoms with Crippen LogP contribution >= 0.6 is 0 Å². The molecule has 1 aliphatic rings. The van der Waals surface area contributed by atoms with Gasteiger partial charge in [-0.15, -0.1) is 0 Å². The molecule has 3 rings (SSSR count). The molecule has 0 spiro atoms. The van der Waals surface area contributed by atoms with Gasteiger partial charge in [-0.1, -0.05) is 18.9 Å². The SMILES string of the molecule is COc1ccc(S(=O)(=O)Nc2cc(C)cc(C)c2)cc1C(=O)N1CCCCCC1. The van der Waals surface area contributed by atoms with Crippen LogP contribution in [0.25, 0.3) is 0 Å². The van der Waals surface area contributed by atoms with E-state index in [-0.39, 0.29) is 16.4 Å². The lowest BCUT2D eigenvalue weighted by molar-refractivity contribution is 0.0758. The van der Waals surface area contributed by atoms with Gasteiger partial charge in [0, 0.05) is 18.8 Å². The maximum Gasteiger partial charge on any atom is 0.261 e. The number of nitrogens with one attached hydrogen (secondary N) is 1. The summed E-state index contributed by atoms with van der Waals surface area (Å²) in [7, 11) is -2.36. The van der Waals surface area contributed by atoms with Crippen LogP contribution in [-0.2, 0) is 10.0 Å². The highest BCUT2D eigenvalue weighted by atomic mass is 32.2. The third kappa shape index (κ3) is 5.09. The van der Waals surface area contributed by atoms with Crippen molar-refractivity contribution in [2.75, 3.05) is 24.9 Å². The van der Waals surface area contributed by atoms with Crippen molar-refractivity contribution in [1.29, 1.82) is 0 Å². The molecule has 1 saturated heterocycles. The topological polar surface area (TPSA) is 75.7 Å². The Hall–Kier alpha value is -2.54. The third-order valence-corrected chi connectivity index (χ3v) is 6.46. The molecule has 6 nitrogen and oxygen atoms in total. The number of aryl methyl sites for hydroxylation is 2. The van der Waals surface area contributed by atoms with Crippen LogP contribution in [0, 0.1) is 13.8 Å². The van der Waals surface area contributed by atoms with Crippen LogP contribution in [0.2, 0.25) is 0 Å². The molecule has 156 valence electrons. The third-order valence-electron chi connectivity index (χ3n) is 5.08. The maximum absolute atomic E-state index is 13.1. The number of sulfonamides is 1. The number of benzene rings is 2. The van der Waals surface area contributed by atoms with E-state index in [1.165, 1.54) is 19.2 Å². The van der Waals surface area contributed by atoms with Crippen molar-refractivity contribution in [2.24, 2.45) is 0 Å². The second-order valence-electron chi connectivity index (χ2n) is 7.55. The fraction of sp³-hybridized carbons (Fsp3) is 0.409. The highest BCUT2D eigenvalue weighted by molar-refractivity contribution is 7.92. The molecule has 2 aromatic carbocycles. The molecule has 0 radical (unpaired) electrons. The summed E-state index contributed by atoms with van der Waals surface area (Å²) in [5.74, 6) is 0.191. The number of carbonyl (C=O) groups is 1. The Labute approximate surface area is 172 Å². The summed E-state index contributed by atoms with van der Waals surface area (Å²) in [6.45, 7) is 5.19. The average Bonchev–Trinajstić information content (AvgIpc) is 2.95. The zero-order valence-electron chi connectivity index (χ0n) is 17.2. The number of methoxy groups -OCH3 is 1. The highest BCUT2D eigenvalue weighted by Crippen LogP contribution is 2.27. The van der Waals surface area contributed by atoms with E-state index in [0.29, 0.717) is 24.5 Å². The molecule has 1 aliphatic heterocycles. The van der Waals surface area contributed by atoms with Gasteiger partial charge in [0.05, 0.1) is 17.6 Å². The lowest BCUT2D eigenvalue weighted by atomic mass is 10.1. The van der Waals surface area contributed by atoms with Crippen molar-refractivity contribution < 1.29 is 17.9 Å². The first-order valence-corrected chi connectivity index (χ1v) is 11.4. The zero-order chi connectivity index (χ0) is 21.0. The fourth-order valence-corrected chi connectivity index (χ4v) is 4.78. The van der Waals surface area contributed by atoms with Gasteiger partial charge in [-0.3, -0.25) is 9.52 Å². The van der Waals surface area contributed by atoms with Crippen molar-refractivity contribution >= 4 is 21.6 Å². The monoisotopic (exact) mass is 416 g/mol. The van der Waals surface area contributed by atoms with Gasteiger partial charge in [0.1, 0.15) is 5.75 Å². The standard InChI is InChI=1S/C22H28N2O4S/c1-16-12-17(2)14-18(13-16)23-29(26,27)19-8-9-21(28-3)20(15-19)22(25)24-10-6-4-5-7-11-24/h8-9,12-15,23H,4-7,10-11H2,1-3H3. The molecule has 0 atom stereocenters. The van der Waals surface area contributed by atoms with E-state index in [2.05, 4.69) is 4.72 Å². The number of amides is 1. The van der Waals surface area contributed by atoms with E-state index in [1.54, 1.807) is 23.1 Å². The molecule has 1 N–H and O–H groups in total. The number of carbonyl (C=O) groups excluding carboxylic acids is 1. The van der Waals surface area contributed by atoms with Gasteiger partial charge in [-0.25, -0.2) is 8.42 Å². The number of likely N-dealkylation sites (tertiary alicyclic amines) is 1. The summed E-state index contributed by atoms with van der Waals surface area (Å²) < 4.78 is 33.9. The Balaban J connectivity index is 1.93. The summed E-state index contributed by atoms with van der Waals surface area (Å²) in [6, 6.07) is 9.94. The van der Waals surface area contributed by atoms with Crippen LogP contribution in [0.3, 0.4) is 0 Å². The van der Waals surface area contributed by atoms with Gasteiger partial charge in [0.2, 0.25) is 0 Å². The minimum absolute atomic E-state index is 0.0376. The number of nitrogens with zero attached hydrogens (tertiary/aromatic N) is 1. The Morgan fingerprint density at radius 3 is 2.17 bits per heavy atom. The van der Waals surface area contributed by atoms with Gasteiger partial charge >= 0.3 is 0 Å². The molecule has 1 fully saturated rings. The predicted molar refractivity (Wildman–Crippen MR) is 114 cm³/mol. The minimum Gasteiger partial charge on any atom is -0.496 e. The van der Waals surface area contributed by atoms with Crippen LogP contribution in [0.1, 0.15) is 47.2 Å². The summed E-state index contributed by atoms with van der Waals surface area (Å²) in [4.78, 5) is 14.9. The molecule has 0 aliphatic carbocycles. The average molecular weight is 417 g/mol. The van der Waals surface area contributed by atoms with E-state index in [1.807, 2.05) is 19.9 Å². The predicted octanol–water partition coefficient (Wildman–Crippen LogP) is 4.13. The number of ether oxygens (including phenoxy) is 1. The Bertz CT molecular complexity index is 974. The van der Waals surface area contributed by atoms with E-state index in [0.717, 1.165) is 36.8 Å². The fourth-order valence-electron chi connectivity index (χ4n) is 3.71. The normalized spacial score (nSPS) is 14.9. The number of hydrogen-bond donors (Lipinski definition) is 1. The summed E-state index contributed by atoms with van der Waals surface area (Å²) in [5, 5.41) is 0. The summed E-state index contributed by atoms with van der Waals surface area (Å²) >= 11 is 0. The van der Waals surface area contributed by atoms with Crippen LogP contribution < -0.4 is 9.46 Å². The Morgan fingerprint density at radius 1 is 0.966 bits per heavy atom. The zero-order valence-corrected chi connectivity index (χ0v) is 18.0. The molecule has 1 amide bonds. The number of anilines is 1. The molecular formula is C22H28N2O4S. The maximum atomic E-state index is 13.1. The van der Waals surface area contributed by atoms with Crippen molar-refractivity contribution in [2.45, 2.75) is 44.4 Å². The molecule has 2 aromatic rings. The minimum atomic E-state index is -3.84. The quantitative estimate of drug-likeness (QED) is 0.795. The van der Waals surface area contributed by atoms with Gasteiger partial charge in [0.15, 0.2) is 0 Å². The Kier molecular flexibility index (Phi) is 6.47. The van der Waals surface area contributed by atoms with Crippen LogP contribution in [-0.4, -0.2) is 39.4 Å². The number of hydrogen-bond acceptors (Lipinski definition) is 4. The van der Waals surface area contributed by atoms with Gasteiger partial charge in [0.25, 0.3) is 15.9 Å². The van der Waals surface area contributed by atoms with Gasteiger partial charge in [-0.05, 0) is 68.1 Å². The van der Waals surface area contributed by atoms with Gasteiger partial charge in [-0.2, -0.15) is 0 Å². The molecule has 1 heterocycles. The largest absolute Gasteiger partial charge is 0.496 e. The van der Waals surface area contributed by atoms with E-state index < -0.39 is 10.0 Å². The van der Waals surface area contributed by atoms with Crippen LogP contribution in [0.5, 0.6) is 5.75 Å². The van der Waals surface area contributed by atoms with Gasteiger partial charge < -0.3 is 9.64 Å². The first kappa shape index (κ1) is 21.2. The second-order valence-corrected chi connectivity index (χ2v) is 9.23. The van der Waals surface area contributed by atoms with E-state index in [4.69, 9.17) is 4.74 Å². The smallest absolute Gasteiger partial charge is 0.261 e. The summed E-state index contributed by atoms with van der Waals surface area (Å²) in [6.07, 6.45) is 4.13. The molecule has 29 heavy (non-hydrogen) atoms. The van der Waals surface area contributed by atoms with Crippen molar-refractivity contribution in [3.05, 3.63) is 53.1 Å². The molecular weight excluding hydrogens is 388 g/mol. The molecule has 0 saturated carbocycles.